The van der Waals surface area contributed by atoms with Gasteiger partial charge in [0.05, 0.1) is 6.54 Å². The Labute approximate surface area is 166 Å². The number of benzene rings is 1. The van der Waals surface area contributed by atoms with E-state index in [-0.39, 0.29) is 5.91 Å². The summed E-state index contributed by atoms with van der Waals surface area (Å²) in [6, 6.07) is 9.51. The number of fused-ring (bicyclic) bond motifs is 2. The van der Waals surface area contributed by atoms with E-state index in [1.807, 2.05) is 18.0 Å². The second kappa shape index (κ2) is 7.21. The molecule has 1 aliphatic carbocycles. The van der Waals surface area contributed by atoms with Crippen LogP contribution in [0, 0.1) is 0 Å². The molecule has 1 fully saturated rings. The Morgan fingerprint density at radius 2 is 1.96 bits per heavy atom. The zero-order valence-electron chi connectivity index (χ0n) is 16.6. The zero-order chi connectivity index (χ0) is 19.1. The van der Waals surface area contributed by atoms with E-state index in [1.165, 1.54) is 49.0 Å². The van der Waals surface area contributed by atoms with Crippen LogP contribution < -0.4 is 5.32 Å². The van der Waals surface area contributed by atoms with E-state index in [0.717, 1.165) is 35.8 Å². The summed E-state index contributed by atoms with van der Waals surface area (Å²) in [5.74, 6) is 0.923. The van der Waals surface area contributed by atoms with Crippen LogP contribution in [0.2, 0.25) is 0 Å². The second-order valence-corrected chi connectivity index (χ2v) is 8.32. The van der Waals surface area contributed by atoms with Gasteiger partial charge in [-0.3, -0.25) is 9.69 Å². The Bertz CT molecular complexity index is 905. The van der Waals surface area contributed by atoms with Crippen molar-refractivity contribution in [1.29, 1.82) is 0 Å². The van der Waals surface area contributed by atoms with Crippen molar-refractivity contribution in [2.45, 2.75) is 51.2 Å². The minimum Gasteiger partial charge on any atom is -0.373 e. The molecule has 2 aromatic rings. The molecule has 5 nitrogen and oxygen atoms in total. The summed E-state index contributed by atoms with van der Waals surface area (Å²) in [6.07, 6.45) is 8.14. The van der Waals surface area contributed by atoms with Crippen LogP contribution in [0.15, 0.2) is 30.5 Å². The summed E-state index contributed by atoms with van der Waals surface area (Å²) in [6.45, 7) is 3.66. The number of carbonyl (C=O) groups excluding carboxylic acids is 1. The first kappa shape index (κ1) is 17.7. The molecule has 1 N–H and O–H groups in total. The van der Waals surface area contributed by atoms with E-state index in [2.05, 4.69) is 33.4 Å². The maximum atomic E-state index is 12.8. The molecule has 1 aromatic carbocycles. The molecule has 0 radical (unpaired) electrons. The molecule has 0 spiro atoms. The molecule has 0 saturated heterocycles. The van der Waals surface area contributed by atoms with Gasteiger partial charge in [-0.05, 0) is 48.4 Å². The number of aromatic nitrogens is 1. The van der Waals surface area contributed by atoms with Gasteiger partial charge < -0.3 is 10.2 Å². The molecule has 3 heterocycles. The number of hydrogen-bond donors (Lipinski definition) is 1. The van der Waals surface area contributed by atoms with Gasteiger partial charge in [-0.2, -0.15) is 0 Å². The molecule has 1 amide bonds. The van der Waals surface area contributed by atoms with Gasteiger partial charge in [0, 0.05) is 50.0 Å². The molecule has 28 heavy (non-hydrogen) atoms. The van der Waals surface area contributed by atoms with Gasteiger partial charge in [0.1, 0.15) is 5.82 Å². The van der Waals surface area contributed by atoms with Crippen molar-refractivity contribution in [3.63, 3.8) is 0 Å². The van der Waals surface area contributed by atoms with Crippen molar-refractivity contribution in [1.82, 2.24) is 14.8 Å². The van der Waals surface area contributed by atoms with Gasteiger partial charge in [-0.15, -0.1) is 0 Å². The van der Waals surface area contributed by atoms with Crippen LogP contribution in [0.1, 0.15) is 51.9 Å². The quantitative estimate of drug-likeness (QED) is 0.890. The van der Waals surface area contributed by atoms with Gasteiger partial charge in [-0.25, -0.2) is 4.98 Å². The predicted molar refractivity (Wildman–Crippen MR) is 110 cm³/mol. The van der Waals surface area contributed by atoms with E-state index in [0.29, 0.717) is 13.1 Å². The van der Waals surface area contributed by atoms with Crippen LogP contribution >= 0.6 is 0 Å². The second-order valence-electron chi connectivity index (χ2n) is 8.32. The lowest BCUT2D eigenvalue weighted by molar-refractivity contribution is 0.0766. The Morgan fingerprint density at radius 3 is 2.71 bits per heavy atom. The fourth-order valence-corrected chi connectivity index (χ4v) is 4.86. The lowest BCUT2D eigenvalue weighted by atomic mass is 9.91. The standard InChI is InChI=1S/C23H28N4O/c1-24-22-21-15-27(23(28)20(21)7-10-25-22)14-16-5-6-17-8-11-26(19-3-2-4-19)12-9-18(17)13-16/h5-7,10,13,19H,2-4,8-9,11-12,14-15H2,1H3,(H,24,25). The molecule has 5 rings (SSSR count). The number of nitrogens with zero attached hydrogens (tertiary/aromatic N) is 3. The summed E-state index contributed by atoms with van der Waals surface area (Å²) in [5, 5.41) is 3.11. The molecule has 1 aromatic heterocycles. The van der Waals surface area contributed by atoms with Gasteiger partial charge in [-0.1, -0.05) is 24.6 Å². The van der Waals surface area contributed by atoms with Gasteiger partial charge in [0.15, 0.2) is 0 Å². The molecule has 2 aliphatic heterocycles. The number of carbonyl (C=O) groups is 1. The number of rotatable bonds is 4. The Hall–Kier alpha value is -2.40. The summed E-state index contributed by atoms with van der Waals surface area (Å²) < 4.78 is 0. The van der Waals surface area contributed by atoms with Crippen molar-refractivity contribution in [2.24, 2.45) is 0 Å². The maximum absolute atomic E-state index is 12.8. The SMILES string of the molecule is CNc1nccc2c1CN(Cc1ccc3c(c1)CCN(C1CCC1)CC3)C2=O. The highest BCUT2D eigenvalue weighted by Crippen LogP contribution is 2.30. The van der Waals surface area contributed by atoms with Crippen molar-refractivity contribution in [2.75, 3.05) is 25.5 Å². The number of nitrogens with one attached hydrogen (secondary N) is 1. The lowest BCUT2D eigenvalue weighted by Crippen LogP contribution is -2.41. The Balaban J connectivity index is 1.31. The molecule has 146 valence electrons. The fourth-order valence-electron chi connectivity index (χ4n) is 4.86. The summed E-state index contributed by atoms with van der Waals surface area (Å²) >= 11 is 0. The van der Waals surface area contributed by atoms with Crippen LogP contribution in [-0.2, 0) is 25.9 Å². The monoisotopic (exact) mass is 376 g/mol. The minimum atomic E-state index is 0.111. The summed E-state index contributed by atoms with van der Waals surface area (Å²) in [4.78, 5) is 21.8. The lowest BCUT2D eigenvalue weighted by Gasteiger charge is -2.36. The van der Waals surface area contributed by atoms with Crippen LogP contribution in [0.5, 0.6) is 0 Å². The van der Waals surface area contributed by atoms with E-state index < -0.39 is 0 Å². The first-order chi connectivity index (χ1) is 13.7. The number of pyridine rings is 1. The fraction of sp³-hybridized carbons (Fsp3) is 0.478. The number of amides is 1. The molecule has 1 saturated carbocycles. The van der Waals surface area contributed by atoms with Crippen LogP contribution in [0.4, 0.5) is 5.82 Å². The van der Waals surface area contributed by atoms with Gasteiger partial charge >= 0.3 is 0 Å². The van der Waals surface area contributed by atoms with E-state index in [1.54, 1.807) is 6.20 Å². The van der Waals surface area contributed by atoms with Gasteiger partial charge in [0.2, 0.25) is 0 Å². The van der Waals surface area contributed by atoms with Crippen LogP contribution in [0.3, 0.4) is 0 Å². The highest BCUT2D eigenvalue weighted by molar-refractivity contribution is 5.99. The molecule has 5 heteroatoms. The Kier molecular flexibility index (Phi) is 4.55. The number of hydrogen-bond acceptors (Lipinski definition) is 4. The smallest absolute Gasteiger partial charge is 0.255 e. The summed E-state index contributed by atoms with van der Waals surface area (Å²) in [7, 11) is 1.86. The topological polar surface area (TPSA) is 48.5 Å². The van der Waals surface area contributed by atoms with Crippen molar-refractivity contribution in [3.05, 3.63) is 58.3 Å². The third-order valence-corrected chi connectivity index (χ3v) is 6.73. The average Bonchev–Trinajstić information content (AvgIpc) is 2.85. The highest BCUT2D eigenvalue weighted by Gasteiger charge is 2.30. The average molecular weight is 377 g/mol. The van der Waals surface area contributed by atoms with Crippen molar-refractivity contribution < 1.29 is 4.79 Å². The highest BCUT2D eigenvalue weighted by atomic mass is 16.2. The molecular weight excluding hydrogens is 348 g/mol. The van der Waals surface area contributed by atoms with Crippen LogP contribution in [0.25, 0.3) is 0 Å². The molecule has 0 unspecified atom stereocenters. The van der Waals surface area contributed by atoms with Crippen molar-refractivity contribution >= 4 is 11.7 Å². The predicted octanol–water partition coefficient (Wildman–Crippen LogP) is 3.23. The largest absolute Gasteiger partial charge is 0.373 e. The molecule has 0 bridgehead atoms. The van der Waals surface area contributed by atoms with Gasteiger partial charge in [0.25, 0.3) is 5.91 Å². The molecular formula is C23H28N4O. The van der Waals surface area contributed by atoms with Crippen LogP contribution in [-0.4, -0.2) is 46.9 Å². The van der Waals surface area contributed by atoms with E-state index in [9.17, 15) is 4.79 Å². The zero-order valence-corrected chi connectivity index (χ0v) is 16.6. The first-order valence-electron chi connectivity index (χ1n) is 10.5. The molecule has 3 aliphatic rings. The minimum absolute atomic E-state index is 0.111. The normalized spacial score (nSPS) is 19.8. The number of anilines is 1. The molecule has 0 atom stereocenters. The third kappa shape index (κ3) is 3.08. The maximum Gasteiger partial charge on any atom is 0.255 e. The van der Waals surface area contributed by atoms with E-state index >= 15 is 0 Å². The Morgan fingerprint density at radius 1 is 1.14 bits per heavy atom. The summed E-state index contributed by atoms with van der Waals surface area (Å²) in [5.41, 5.74) is 5.99. The van der Waals surface area contributed by atoms with Crippen molar-refractivity contribution in [3.8, 4) is 0 Å². The van der Waals surface area contributed by atoms with E-state index in [4.69, 9.17) is 0 Å². The first-order valence-corrected chi connectivity index (χ1v) is 10.5. The third-order valence-electron chi connectivity index (χ3n) is 6.73.